The first kappa shape index (κ1) is 14.1. The maximum atomic E-state index is 6.39. The summed E-state index contributed by atoms with van der Waals surface area (Å²) in [6.07, 6.45) is 0. The minimum absolute atomic E-state index is 0.482. The van der Waals surface area contributed by atoms with E-state index < -0.39 is 0 Å². The zero-order chi connectivity index (χ0) is 13.8. The number of halogens is 1. The zero-order valence-electron chi connectivity index (χ0n) is 11.7. The van der Waals surface area contributed by atoms with Crippen LogP contribution < -0.4 is 5.32 Å². The van der Waals surface area contributed by atoms with Crippen LogP contribution in [0.4, 0.5) is 0 Å². The third-order valence-corrected chi connectivity index (χ3v) is 3.42. The number of rotatable bonds is 4. The van der Waals surface area contributed by atoms with Crippen molar-refractivity contribution in [1.82, 2.24) is 5.32 Å². The molecule has 2 aromatic carbocycles. The van der Waals surface area contributed by atoms with Gasteiger partial charge in [-0.05, 0) is 24.1 Å². The van der Waals surface area contributed by atoms with Crippen molar-refractivity contribution in [3.63, 3.8) is 0 Å². The van der Waals surface area contributed by atoms with Gasteiger partial charge in [-0.25, -0.2) is 0 Å². The molecule has 100 valence electrons. The Hall–Kier alpha value is -1.31. The van der Waals surface area contributed by atoms with Gasteiger partial charge in [-0.15, -0.1) is 0 Å². The highest BCUT2D eigenvalue weighted by Crippen LogP contribution is 2.29. The summed E-state index contributed by atoms with van der Waals surface area (Å²) in [4.78, 5) is 0. The van der Waals surface area contributed by atoms with Crippen molar-refractivity contribution >= 4 is 11.6 Å². The van der Waals surface area contributed by atoms with Crippen molar-refractivity contribution in [3.05, 3.63) is 58.6 Å². The van der Waals surface area contributed by atoms with Crippen LogP contribution in [0.1, 0.15) is 25.0 Å². The van der Waals surface area contributed by atoms with Gasteiger partial charge in [0.15, 0.2) is 0 Å². The van der Waals surface area contributed by atoms with E-state index in [9.17, 15) is 0 Å². The Kier molecular flexibility index (Phi) is 4.62. The van der Waals surface area contributed by atoms with Crippen molar-refractivity contribution in [1.29, 1.82) is 0 Å². The summed E-state index contributed by atoms with van der Waals surface area (Å²) in [7, 11) is 0. The third kappa shape index (κ3) is 3.82. The Morgan fingerprint density at radius 1 is 1.05 bits per heavy atom. The summed E-state index contributed by atoms with van der Waals surface area (Å²) in [6.45, 7) is 7.22. The summed E-state index contributed by atoms with van der Waals surface area (Å²) >= 11 is 6.39. The van der Waals surface area contributed by atoms with Crippen LogP contribution in [0.2, 0.25) is 5.02 Å². The number of nitrogens with one attached hydrogen (secondary N) is 1. The van der Waals surface area contributed by atoms with Gasteiger partial charge in [0.1, 0.15) is 0 Å². The Labute approximate surface area is 120 Å². The molecule has 0 atom stereocenters. The van der Waals surface area contributed by atoms with E-state index in [0.29, 0.717) is 6.04 Å². The van der Waals surface area contributed by atoms with E-state index >= 15 is 0 Å². The maximum absolute atomic E-state index is 6.39. The van der Waals surface area contributed by atoms with Crippen molar-refractivity contribution in [3.8, 4) is 11.1 Å². The third-order valence-electron chi connectivity index (χ3n) is 3.11. The number of benzene rings is 2. The molecule has 0 bridgehead atoms. The quantitative estimate of drug-likeness (QED) is 0.843. The Morgan fingerprint density at radius 3 is 2.32 bits per heavy atom. The molecule has 2 rings (SSSR count). The van der Waals surface area contributed by atoms with E-state index in [4.69, 9.17) is 11.6 Å². The maximum Gasteiger partial charge on any atom is 0.0487 e. The summed E-state index contributed by atoms with van der Waals surface area (Å²) in [5.41, 5.74) is 4.74. The van der Waals surface area contributed by atoms with Crippen LogP contribution in [-0.4, -0.2) is 6.04 Å². The number of hydrogen-bond donors (Lipinski definition) is 1. The molecule has 0 fully saturated rings. The summed E-state index contributed by atoms with van der Waals surface area (Å²) in [5.74, 6) is 0. The topological polar surface area (TPSA) is 12.0 Å². The van der Waals surface area contributed by atoms with E-state index in [2.05, 4.69) is 62.5 Å². The fourth-order valence-corrected chi connectivity index (χ4v) is 2.27. The van der Waals surface area contributed by atoms with Gasteiger partial charge >= 0.3 is 0 Å². The van der Waals surface area contributed by atoms with Crippen LogP contribution in [0.25, 0.3) is 11.1 Å². The summed E-state index contributed by atoms with van der Waals surface area (Å²) in [5, 5.41) is 4.21. The van der Waals surface area contributed by atoms with E-state index in [1.165, 1.54) is 16.7 Å². The molecular formula is C17H20ClN. The van der Waals surface area contributed by atoms with Crippen molar-refractivity contribution < 1.29 is 0 Å². The first-order chi connectivity index (χ1) is 9.06. The van der Waals surface area contributed by atoms with E-state index in [1.807, 2.05) is 6.07 Å². The molecule has 0 aliphatic rings. The molecule has 0 amide bonds. The van der Waals surface area contributed by atoms with Gasteiger partial charge in [0.05, 0.1) is 0 Å². The van der Waals surface area contributed by atoms with Gasteiger partial charge in [-0.1, -0.05) is 67.4 Å². The number of aryl methyl sites for hydroxylation is 1. The molecular weight excluding hydrogens is 254 g/mol. The summed E-state index contributed by atoms with van der Waals surface area (Å²) < 4.78 is 0. The van der Waals surface area contributed by atoms with Crippen molar-refractivity contribution in [2.75, 3.05) is 0 Å². The summed E-state index contributed by atoms with van der Waals surface area (Å²) in [6, 6.07) is 15.2. The molecule has 0 saturated heterocycles. The van der Waals surface area contributed by atoms with E-state index in [1.54, 1.807) is 0 Å². The molecule has 0 aliphatic heterocycles. The van der Waals surface area contributed by atoms with Gasteiger partial charge in [-0.3, -0.25) is 0 Å². The second-order valence-corrected chi connectivity index (χ2v) is 5.62. The Bertz CT molecular complexity index is 544. The van der Waals surface area contributed by atoms with Gasteiger partial charge in [0, 0.05) is 23.2 Å². The molecule has 19 heavy (non-hydrogen) atoms. The highest BCUT2D eigenvalue weighted by molar-refractivity contribution is 6.33. The predicted octanol–water partition coefficient (Wildman–Crippen LogP) is 4.81. The van der Waals surface area contributed by atoms with Gasteiger partial charge < -0.3 is 5.32 Å². The van der Waals surface area contributed by atoms with Gasteiger partial charge in [0.25, 0.3) is 0 Å². The minimum atomic E-state index is 0.482. The molecule has 2 aromatic rings. The molecule has 0 unspecified atom stereocenters. The van der Waals surface area contributed by atoms with E-state index in [-0.39, 0.29) is 0 Å². The standard InChI is InChI=1S/C17H20ClN/c1-12(2)19-11-14-6-9-16(17(18)10-14)15-7-4-13(3)5-8-15/h4-10,12,19H,11H2,1-3H3. The fraction of sp³-hybridized carbons (Fsp3) is 0.294. The monoisotopic (exact) mass is 273 g/mol. The fourth-order valence-electron chi connectivity index (χ4n) is 1.96. The molecule has 1 N–H and O–H groups in total. The molecule has 0 heterocycles. The first-order valence-electron chi connectivity index (χ1n) is 6.65. The molecule has 1 nitrogen and oxygen atoms in total. The second kappa shape index (κ2) is 6.23. The average molecular weight is 274 g/mol. The molecule has 2 heteroatoms. The smallest absolute Gasteiger partial charge is 0.0487 e. The van der Waals surface area contributed by atoms with Crippen LogP contribution in [0.3, 0.4) is 0 Å². The SMILES string of the molecule is Cc1ccc(-c2ccc(CNC(C)C)cc2Cl)cc1. The molecule has 0 aromatic heterocycles. The van der Waals surface area contributed by atoms with Crippen LogP contribution in [0.15, 0.2) is 42.5 Å². The lowest BCUT2D eigenvalue weighted by Gasteiger charge is -2.10. The lowest BCUT2D eigenvalue weighted by Crippen LogP contribution is -2.21. The molecule has 0 saturated carbocycles. The van der Waals surface area contributed by atoms with Crippen LogP contribution >= 0.6 is 11.6 Å². The highest BCUT2D eigenvalue weighted by atomic mass is 35.5. The Balaban J connectivity index is 2.21. The normalized spacial score (nSPS) is 11.0. The molecule has 0 aliphatic carbocycles. The van der Waals surface area contributed by atoms with Crippen LogP contribution in [0.5, 0.6) is 0 Å². The molecule has 0 spiro atoms. The molecule has 0 radical (unpaired) electrons. The second-order valence-electron chi connectivity index (χ2n) is 5.22. The minimum Gasteiger partial charge on any atom is -0.310 e. The van der Waals surface area contributed by atoms with Crippen molar-refractivity contribution in [2.24, 2.45) is 0 Å². The lowest BCUT2D eigenvalue weighted by molar-refractivity contribution is 0.589. The zero-order valence-corrected chi connectivity index (χ0v) is 12.5. The van der Waals surface area contributed by atoms with Crippen LogP contribution in [0, 0.1) is 6.92 Å². The van der Waals surface area contributed by atoms with Gasteiger partial charge in [-0.2, -0.15) is 0 Å². The Morgan fingerprint density at radius 2 is 1.74 bits per heavy atom. The van der Waals surface area contributed by atoms with Gasteiger partial charge in [0.2, 0.25) is 0 Å². The van der Waals surface area contributed by atoms with Crippen molar-refractivity contribution in [2.45, 2.75) is 33.4 Å². The predicted molar refractivity (Wildman–Crippen MR) is 83.6 cm³/mol. The highest BCUT2D eigenvalue weighted by Gasteiger charge is 2.05. The van der Waals surface area contributed by atoms with E-state index in [0.717, 1.165) is 17.1 Å². The first-order valence-corrected chi connectivity index (χ1v) is 7.03. The largest absolute Gasteiger partial charge is 0.310 e. The van der Waals surface area contributed by atoms with Crippen LogP contribution in [-0.2, 0) is 6.54 Å². The lowest BCUT2D eigenvalue weighted by atomic mass is 10.0. The average Bonchev–Trinajstić information content (AvgIpc) is 2.38. The number of hydrogen-bond acceptors (Lipinski definition) is 1.